The number of pyridine rings is 1. The Morgan fingerprint density at radius 3 is 2.61 bits per heavy atom. The summed E-state index contributed by atoms with van der Waals surface area (Å²) in [6, 6.07) is 3.21. The van der Waals surface area contributed by atoms with E-state index in [1.165, 1.54) is 12.8 Å². The third-order valence-corrected chi connectivity index (χ3v) is 6.14. The number of carbonyl (C=O) groups excluding carboxylic acids is 3. The Kier molecular flexibility index (Phi) is 4.95. The molecule has 4 amide bonds. The van der Waals surface area contributed by atoms with Gasteiger partial charge in [0.15, 0.2) is 0 Å². The summed E-state index contributed by atoms with van der Waals surface area (Å²) in [4.78, 5) is 45.2. The number of carbonyl (C=O) groups is 3. The summed E-state index contributed by atoms with van der Waals surface area (Å²) in [5.41, 5.74) is -0.260. The molecule has 2 saturated heterocycles. The molecule has 8 heteroatoms. The molecule has 1 saturated carbocycles. The Balaban J connectivity index is 1.35. The summed E-state index contributed by atoms with van der Waals surface area (Å²) in [7, 11) is 0. The lowest BCUT2D eigenvalue weighted by molar-refractivity contribution is -0.135. The first kappa shape index (κ1) is 18.7. The van der Waals surface area contributed by atoms with Crippen LogP contribution in [0.1, 0.15) is 45.4 Å². The molecule has 150 valence electrons. The molecule has 0 atom stereocenters. The first-order chi connectivity index (χ1) is 13.5. The SMILES string of the molecule is CC1CCC2(CC1)NC(=O)N(CC(=O)Nc1ccc(N3CCCC3)nc1)C2=O. The van der Waals surface area contributed by atoms with Gasteiger partial charge in [0.25, 0.3) is 5.91 Å². The fraction of sp³-hybridized carbons (Fsp3) is 0.600. The highest BCUT2D eigenvalue weighted by Crippen LogP contribution is 2.36. The number of imide groups is 1. The molecule has 4 rings (SSSR count). The number of urea groups is 1. The second-order valence-electron chi connectivity index (χ2n) is 8.23. The monoisotopic (exact) mass is 385 g/mol. The maximum absolute atomic E-state index is 12.8. The Morgan fingerprint density at radius 1 is 1.25 bits per heavy atom. The molecular formula is C20H27N5O3. The predicted octanol–water partition coefficient (Wildman–Crippen LogP) is 2.12. The van der Waals surface area contributed by atoms with E-state index < -0.39 is 17.5 Å². The van der Waals surface area contributed by atoms with Crippen molar-refractivity contribution in [2.75, 3.05) is 29.9 Å². The van der Waals surface area contributed by atoms with Gasteiger partial charge in [-0.05, 0) is 56.6 Å². The van der Waals surface area contributed by atoms with Crippen molar-refractivity contribution in [2.45, 2.75) is 51.0 Å². The van der Waals surface area contributed by atoms with Crippen LogP contribution in [0.3, 0.4) is 0 Å². The van der Waals surface area contributed by atoms with Crippen molar-refractivity contribution in [3.63, 3.8) is 0 Å². The second kappa shape index (κ2) is 7.41. The number of rotatable bonds is 4. The molecule has 2 N–H and O–H groups in total. The number of amides is 4. The molecule has 3 fully saturated rings. The van der Waals surface area contributed by atoms with Crippen molar-refractivity contribution in [2.24, 2.45) is 5.92 Å². The lowest BCUT2D eigenvalue weighted by Gasteiger charge is -2.33. The summed E-state index contributed by atoms with van der Waals surface area (Å²) in [5.74, 6) is 0.782. The van der Waals surface area contributed by atoms with Crippen LogP contribution >= 0.6 is 0 Å². The smallest absolute Gasteiger partial charge is 0.325 e. The number of nitrogens with zero attached hydrogens (tertiary/aromatic N) is 3. The molecule has 8 nitrogen and oxygen atoms in total. The first-order valence-electron chi connectivity index (χ1n) is 10.1. The van der Waals surface area contributed by atoms with E-state index >= 15 is 0 Å². The first-order valence-corrected chi connectivity index (χ1v) is 10.1. The molecule has 1 aromatic rings. The van der Waals surface area contributed by atoms with Gasteiger partial charge >= 0.3 is 6.03 Å². The van der Waals surface area contributed by atoms with Crippen molar-refractivity contribution in [3.8, 4) is 0 Å². The minimum absolute atomic E-state index is 0.276. The number of anilines is 2. The van der Waals surface area contributed by atoms with Gasteiger partial charge in [-0.1, -0.05) is 6.92 Å². The van der Waals surface area contributed by atoms with Crippen molar-refractivity contribution < 1.29 is 14.4 Å². The summed E-state index contributed by atoms with van der Waals surface area (Å²) in [5, 5.41) is 5.57. The largest absolute Gasteiger partial charge is 0.357 e. The standard InChI is InChI=1S/C20H27N5O3/c1-14-6-8-20(9-7-14)18(27)25(19(28)23-20)13-17(26)22-15-4-5-16(21-12-15)24-10-2-3-11-24/h4-5,12,14H,2-3,6-11,13H2,1H3,(H,22,26)(H,23,28). The number of hydrogen-bond donors (Lipinski definition) is 2. The van der Waals surface area contributed by atoms with Crippen LogP contribution in [-0.4, -0.2) is 52.9 Å². The van der Waals surface area contributed by atoms with E-state index in [0.29, 0.717) is 24.4 Å². The highest BCUT2D eigenvalue weighted by atomic mass is 16.2. The van der Waals surface area contributed by atoms with Crippen LogP contribution in [-0.2, 0) is 9.59 Å². The van der Waals surface area contributed by atoms with Gasteiger partial charge in [0.05, 0.1) is 11.9 Å². The van der Waals surface area contributed by atoms with Gasteiger partial charge in [0.1, 0.15) is 17.9 Å². The van der Waals surface area contributed by atoms with Gasteiger partial charge in [0, 0.05) is 13.1 Å². The van der Waals surface area contributed by atoms with Crippen LogP contribution in [0.5, 0.6) is 0 Å². The van der Waals surface area contributed by atoms with Gasteiger partial charge in [-0.15, -0.1) is 0 Å². The molecule has 1 aromatic heterocycles. The van der Waals surface area contributed by atoms with Crippen molar-refractivity contribution in [3.05, 3.63) is 18.3 Å². The number of aromatic nitrogens is 1. The lowest BCUT2D eigenvalue weighted by Crippen LogP contribution is -2.49. The van der Waals surface area contributed by atoms with E-state index in [4.69, 9.17) is 0 Å². The third kappa shape index (κ3) is 3.55. The zero-order valence-corrected chi connectivity index (χ0v) is 16.2. The van der Waals surface area contributed by atoms with E-state index in [2.05, 4.69) is 27.4 Å². The molecule has 0 bridgehead atoms. The molecular weight excluding hydrogens is 358 g/mol. The van der Waals surface area contributed by atoms with Crippen LogP contribution in [0.15, 0.2) is 18.3 Å². The number of hydrogen-bond acceptors (Lipinski definition) is 5. The lowest BCUT2D eigenvalue weighted by atomic mass is 9.77. The van der Waals surface area contributed by atoms with Gasteiger partial charge in [-0.25, -0.2) is 9.78 Å². The average molecular weight is 385 g/mol. The predicted molar refractivity (Wildman–Crippen MR) is 105 cm³/mol. The molecule has 3 heterocycles. The van der Waals surface area contributed by atoms with E-state index in [9.17, 15) is 14.4 Å². The quantitative estimate of drug-likeness (QED) is 0.774. The molecule has 0 unspecified atom stereocenters. The Bertz CT molecular complexity index is 765. The van der Waals surface area contributed by atoms with Crippen molar-refractivity contribution >= 4 is 29.4 Å². The Morgan fingerprint density at radius 2 is 1.96 bits per heavy atom. The van der Waals surface area contributed by atoms with Crippen LogP contribution in [0.25, 0.3) is 0 Å². The summed E-state index contributed by atoms with van der Waals surface area (Å²) in [6.07, 6.45) is 7.04. The van der Waals surface area contributed by atoms with Gasteiger partial charge < -0.3 is 15.5 Å². The van der Waals surface area contributed by atoms with Crippen molar-refractivity contribution in [1.82, 2.24) is 15.2 Å². The molecule has 0 aromatic carbocycles. The topological polar surface area (TPSA) is 94.6 Å². The van der Waals surface area contributed by atoms with Crippen molar-refractivity contribution in [1.29, 1.82) is 0 Å². The zero-order valence-electron chi connectivity index (χ0n) is 16.2. The molecule has 2 aliphatic heterocycles. The highest BCUT2D eigenvalue weighted by molar-refractivity contribution is 6.10. The molecule has 3 aliphatic rings. The third-order valence-electron chi connectivity index (χ3n) is 6.14. The molecule has 1 spiro atoms. The van der Waals surface area contributed by atoms with Gasteiger partial charge in [-0.3, -0.25) is 14.5 Å². The van der Waals surface area contributed by atoms with Gasteiger partial charge in [-0.2, -0.15) is 0 Å². The van der Waals surface area contributed by atoms with E-state index in [1.807, 2.05) is 6.07 Å². The minimum Gasteiger partial charge on any atom is -0.357 e. The number of nitrogens with one attached hydrogen (secondary N) is 2. The second-order valence-corrected chi connectivity index (χ2v) is 8.23. The van der Waals surface area contributed by atoms with Crippen LogP contribution in [0, 0.1) is 5.92 Å². The molecule has 1 aliphatic carbocycles. The maximum atomic E-state index is 12.8. The summed E-state index contributed by atoms with van der Waals surface area (Å²) < 4.78 is 0. The summed E-state index contributed by atoms with van der Waals surface area (Å²) >= 11 is 0. The molecule has 0 radical (unpaired) electrons. The Labute approximate surface area is 164 Å². The van der Waals surface area contributed by atoms with E-state index in [-0.39, 0.29) is 12.5 Å². The minimum atomic E-state index is -0.817. The maximum Gasteiger partial charge on any atom is 0.325 e. The highest BCUT2D eigenvalue weighted by Gasteiger charge is 2.52. The van der Waals surface area contributed by atoms with E-state index in [1.54, 1.807) is 12.3 Å². The van der Waals surface area contributed by atoms with Gasteiger partial charge in [0.2, 0.25) is 5.91 Å². The fourth-order valence-electron chi connectivity index (χ4n) is 4.35. The fourth-order valence-corrected chi connectivity index (χ4v) is 4.35. The molecule has 28 heavy (non-hydrogen) atoms. The average Bonchev–Trinajstić information content (AvgIpc) is 3.29. The van der Waals surface area contributed by atoms with Crippen LogP contribution in [0.2, 0.25) is 0 Å². The van der Waals surface area contributed by atoms with Crippen LogP contribution in [0.4, 0.5) is 16.3 Å². The van der Waals surface area contributed by atoms with E-state index in [0.717, 1.165) is 36.6 Å². The zero-order chi connectivity index (χ0) is 19.7. The Hall–Kier alpha value is -2.64. The normalized spacial score (nSPS) is 27.4. The van der Waals surface area contributed by atoms with Crippen LogP contribution < -0.4 is 15.5 Å². The summed E-state index contributed by atoms with van der Waals surface area (Å²) in [6.45, 7) is 3.88.